The van der Waals surface area contributed by atoms with E-state index in [4.69, 9.17) is 0 Å². The van der Waals surface area contributed by atoms with Crippen molar-refractivity contribution in [1.82, 2.24) is 40.4 Å². The smallest absolute Gasteiger partial charge is 0.314 e. The summed E-state index contributed by atoms with van der Waals surface area (Å²) in [5.41, 5.74) is 0. The van der Waals surface area contributed by atoms with Crippen LogP contribution in [-0.2, 0) is 13.1 Å². The predicted octanol–water partition coefficient (Wildman–Crippen LogP) is 0.939. The van der Waals surface area contributed by atoms with Crippen molar-refractivity contribution in [2.24, 2.45) is 0 Å². The number of nitrogens with one attached hydrogen (secondary N) is 4. The fourth-order valence-electron chi connectivity index (χ4n) is 2.54. The number of imidazole rings is 2. The number of urea groups is 2. The van der Waals surface area contributed by atoms with Crippen LogP contribution in [0.1, 0.15) is 25.7 Å². The summed E-state index contributed by atoms with van der Waals surface area (Å²) in [7, 11) is 0. The number of hydrogen-bond acceptors (Lipinski definition) is 4. The first-order chi connectivity index (χ1) is 13.7. The molecule has 0 aliphatic heterocycles. The molecule has 2 rings (SSSR count). The van der Waals surface area contributed by atoms with Gasteiger partial charge in [-0.15, -0.1) is 0 Å². The topological polar surface area (TPSA) is 118 Å². The normalized spacial score (nSPS) is 10.4. The van der Waals surface area contributed by atoms with Crippen LogP contribution in [0.25, 0.3) is 0 Å². The number of hydrogen-bond donors (Lipinski definition) is 4. The molecule has 0 aliphatic rings. The lowest BCUT2D eigenvalue weighted by Gasteiger charge is -2.09. The molecule has 0 aliphatic carbocycles. The third kappa shape index (κ3) is 9.60. The summed E-state index contributed by atoms with van der Waals surface area (Å²) in [5, 5.41) is 11.3. The van der Waals surface area contributed by atoms with Crippen molar-refractivity contribution >= 4 is 12.1 Å². The minimum Gasteiger partial charge on any atom is -0.338 e. The van der Waals surface area contributed by atoms with Gasteiger partial charge in [-0.1, -0.05) is 0 Å². The van der Waals surface area contributed by atoms with Crippen molar-refractivity contribution < 1.29 is 9.59 Å². The van der Waals surface area contributed by atoms with Gasteiger partial charge >= 0.3 is 12.1 Å². The molecule has 0 unspecified atom stereocenters. The minimum absolute atomic E-state index is 0.158. The van der Waals surface area contributed by atoms with E-state index >= 15 is 0 Å². The maximum atomic E-state index is 11.7. The quantitative estimate of drug-likeness (QED) is 0.381. The summed E-state index contributed by atoms with van der Waals surface area (Å²) < 4.78 is 3.95. The molecule has 28 heavy (non-hydrogen) atoms. The van der Waals surface area contributed by atoms with Crippen LogP contribution in [0, 0.1) is 0 Å². The summed E-state index contributed by atoms with van der Waals surface area (Å²) in [4.78, 5) is 31.2. The Kier molecular flexibility index (Phi) is 10.0. The first-order valence-corrected chi connectivity index (χ1v) is 9.69. The summed E-state index contributed by atoms with van der Waals surface area (Å²) in [6.45, 7) is 4.07. The number of nitrogens with zero attached hydrogens (tertiary/aromatic N) is 4. The van der Waals surface area contributed by atoms with Crippen LogP contribution in [0.15, 0.2) is 37.4 Å². The highest BCUT2D eigenvalue weighted by molar-refractivity contribution is 5.74. The maximum absolute atomic E-state index is 11.7. The number of carbonyl (C=O) groups is 2. The number of unbranched alkanes of at least 4 members (excludes halogenated alkanes) is 1. The van der Waals surface area contributed by atoms with Gasteiger partial charge in [0.05, 0.1) is 12.7 Å². The Balaban J connectivity index is 1.34. The highest BCUT2D eigenvalue weighted by Crippen LogP contribution is 1.90. The third-order valence-corrected chi connectivity index (χ3v) is 4.05. The van der Waals surface area contributed by atoms with Crippen molar-refractivity contribution in [3.63, 3.8) is 0 Å². The molecule has 154 valence electrons. The second-order valence-corrected chi connectivity index (χ2v) is 6.38. The first-order valence-electron chi connectivity index (χ1n) is 9.69. The molecule has 0 atom stereocenters. The summed E-state index contributed by atoms with van der Waals surface area (Å²) in [6, 6.07) is -0.316. The average molecular weight is 390 g/mol. The van der Waals surface area contributed by atoms with Crippen LogP contribution in [0.2, 0.25) is 0 Å². The predicted molar refractivity (Wildman–Crippen MR) is 106 cm³/mol. The van der Waals surface area contributed by atoms with Crippen LogP contribution in [0.3, 0.4) is 0 Å². The zero-order valence-electron chi connectivity index (χ0n) is 16.1. The van der Waals surface area contributed by atoms with E-state index in [2.05, 4.69) is 31.2 Å². The molecule has 4 N–H and O–H groups in total. The molecule has 0 spiro atoms. The summed E-state index contributed by atoms with van der Waals surface area (Å²) >= 11 is 0. The molecule has 2 heterocycles. The van der Waals surface area contributed by atoms with E-state index < -0.39 is 0 Å². The Hall–Kier alpha value is -3.04. The molecule has 2 aromatic heterocycles. The van der Waals surface area contributed by atoms with E-state index in [9.17, 15) is 9.59 Å². The Morgan fingerprint density at radius 1 is 0.643 bits per heavy atom. The number of carbonyl (C=O) groups excluding carboxylic acids is 2. The van der Waals surface area contributed by atoms with E-state index in [0.717, 1.165) is 38.8 Å². The average Bonchev–Trinajstić information content (AvgIpc) is 3.39. The molecule has 4 amide bonds. The van der Waals surface area contributed by atoms with Gasteiger partial charge in [0.25, 0.3) is 0 Å². The van der Waals surface area contributed by atoms with E-state index in [1.54, 1.807) is 25.0 Å². The number of aryl methyl sites for hydroxylation is 2. The van der Waals surface area contributed by atoms with Gasteiger partial charge in [0.15, 0.2) is 0 Å². The lowest BCUT2D eigenvalue weighted by atomic mass is 10.3. The molecule has 0 fully saturated rings. The summed E-state index contributed by atoms with van der Waals surface area (Å²) in [5.74, 6) is 0. The Morgan fingerprint density at radius 3 is 1.39 bits per heavy atom. The largest absolute Gasteiger partial charge is 0.338 e. The highest BCUT2D eigenvalue weighted by Gasteiger charge is 2.01. The fourth-order valence-corrected chi connectivity index (χ4v) is 2.54. The lowest BCUT2D eigenvalue weighted by molar-refractivity contribution is 0.238. The molecular weight excluding hydrogens is 360 g/mol. The molecule has 0 radical (unpaired) electrons. The van der Waals surface area contributed by atoms with Gasteiger partial charge in [-0.05, 0) is 25.7 Å². The van der Waals surface area contributed by atoms with Gasteiger partial charge < -0.3 is 30.4 Å². The van der Waals surface area contributed by atoms with Gasteiger partial charge in [-0.2, -0.15) is 0 Å². The Labute approximate surface area is 165 Å². The second kappa shape index (κ2) is 13.2. The van der Waals surface area contributed by atoms with Gasteiger partial charge in [0.1, 0.15) is 0 Å². The standard InChI is InChI=1S/C18H30N8O2/c27-17(23-7-3-11-25-13-9-19-15-25)21-5-1-2-6-22-18(28)24-8-4-12-26-14-10-20-16-26/h9-10,13-16H,1-8,11-12H2,(H2,21,23,27)(H2,22,24,28). The van der Waals surface area contributed by atoms with Crippen molar-refractivity contribution in [3.05, 3.63) is 37.4 Å². The van der Waals surface area contributed by atoms with Crippen LogP contribution < -0.4 is 21.3 Å². The SMILES string of the molecule is O=C(NCCCCNC(=O)NCCCn1ccnc1)NCCCn1ccnc1. The molecule has 2 aromatic rings. The molecule has 0 bridgehead atoms. The molecule has 10 heteroatoms. The monoisotopic (exact) mass is 390 g/mol. The van der Waals surface area contributed by atoms with Crippen LogP contribution in [0.4, 0.5) is 9.59 Å². The van der Waals surface area contributed by atoms with Crippen molar-refractivity contribution in [2.45, 2.75) is 38.8 Å². The minimum atomic E-state index is -0.158. The molecule has 0 saturated carbocycles. The molecule has 0 saturated heterocycles. The molecule has 10 nitrogen and oxygen atoms in total. The van der Waals surface area contributed by atoms with E-state index in [-0.39, 0.29) is 12.1 Å². The number of rotatable bonds is 13. The second-order valence-electron chi connectivity index (χ2n) is 6.38. The highest BCUT2D eigenvalue weighted by atomic mass is 16.2. The zero-order valence-corrected chi connectivity index (χ0v) is 16.1. The van der Waals surface area contributed by atoms with Crippen molar-refractivity contribution in [3.8, 4) is 0 Å². The molecular formula is C18H30N8O2. The van der Waals surface area contributed by atoms with Crippen LogP contribution in [0.5, 0.6) is 0 Å². The van der Waals surface area contributed by atoms with Gasteiger partial charge in [-0.3, -0.25) is 0 Å². The summed E-state index contributed by atoms with van der Waals surface area (Å²) in [6.07, 6.45) is 14.1. The van der Waals surface area contributed by atoms with Crippen molar-refractivity contribution in [1.29, 1.82) is 0 Å². The lowest BCUT2D eigenvalue weighted by Crippen LogP contribution is -2.38. The Morgan fingerprint density at radius 2 is 1.04 bits per heavy atom. The first kappa shape index (κ1) is 21.3. The van der Waals surface area contributed by atoms with Crippen molar-refractivity contribution in [2.75, 3.05) is 26.2 Å². The van der Waals surface area contributed by atoms with E-state index in [1.165, 1.54) is 0 Å². The van der Waals surface area contributed by atoms with Crippen LogP contribution >= 0.6 is 0 Å². The fraction of sp³-hybridized carbons (Fsp3) is 0.556. The van der Waals surface area contributed by atoms with Gasteiger partial charge in [0, 0.05) is 64.1 Å². The number of amides is 4. The van der Waals surface area contributed by atoms with E-state index in [1.807, 2.05) is 21.5 Å². The number of aromatic nitrogens is 4. The third-order valence-electron chi connectivity index (χ3n) is 4.05. The van der Waals surface area contributed by atoms with E-state index in [0.29, 0.717) is 26.2 Å². The molecule has 0 aromatic carbocycles. The van der Waals surface area contributed by atoms with Crippen LogP contribution in [-0.4, -0.2) is 57.3 Å². The maximum Gasteiger partial charge on any atom is 0.314 e. The van der Waals surface area contributed by atoms with Gasteiger partial charge in [0.2, 0.25) is 0 Å². The Bertz CT molecular complexity index is 599. The van der Waals surface area contributed by atoms with Gasteiger partial charge in [-0.25, -0.2) is 19.6 Å². The zero-order chi connectivity index (χ0) is 19.9.